The van der Waals surface area contributed by atoms with Gasteiger partial charge in [0.1, 0.15) is 12.3 Å². The zero-order chi connectivity index (χ0) is 24.9. The molecule has 0 saturated heterocycles. The van der Waals surface area contributed by atoms with Crippen molar-refractivity contribution in [2.24, 2.45) is 0 Å². The lowest BCUT2D eigenvalue weighted by Gasteiger charge is -2.26. The number of hydrogen-bond acceptors (Lipinski definition) is 8. The SMILES string of the molecule is CCCN(CC(=O)NC(C=O)CCCCCSSCCOCC)C(=O)C(C)NC(=O)CNC. The fourth-order valence-electron chi connectivity index (χ4n) is 2.98. The van der Waals surface area contributed by atoms with Crippen LogP contribution in [0.2, 0.25) is 0 Å². The first-order valence-electron chi connectivity index (χ1n) is 11.7. The first kappa shape index (κ1) is 31.7. The molecule has 192 valence electrons. The van der Waals surface area contributed by atoms with Crippen LogP contribution in [0.25, 0.3) is 0 Å². The van der Waals surface area contributed by atoms with Crippen molar-refractivity contribution in [3.05, 3.63) is 0 Å². The molecule has 0 aliphatic carbocycles. The molecule has 2 unspecified atom stereocenters. The lowest BCUT2D eigenvalue weighted by atomic mass is 10.1. The van der Waals surface area contributed by atoms with Crippen molar-refractivity contribution >= 4 is 45.6 Å². The summed E-state index contributed by atoms with van der Waals surface area (Å²) in [5.41, 5.74) is 0. The number of hydrogen-bond donors (Lipinski definition) is 3. The number of rotatable bonds is 21. The van der Waals surface area contributed by atoms with E-state index >= 15 is 0 Å². The highest BCUT2D eigenvalue weighted by Gasteiger charge is 2.24. The summed E-state index contributed by atoms with van der Waals surface area (Å²) in [6.07, 6.45) is 4.90. The van der Waals surface area contributed by atoms with E-state index in [2.05, 4.69) is 16.0 Å². The van der Waals surface area contributed by atoms with Gasteiger partial charge in [-0.05, 0) is 40.2 Å². The molecule has 3 amide bonds. The lowest BCUT2D eigenvalue weighted by Crippen LogP contribution is -2.52. The Morgan fingerprint density at radius 3 is 2.39 bits per heavy atom. The van der Waals surface area contributed by atoms with Crippen molar-refractivity contribution in [3.8, 4) is 0 Å². The second-order valence-corrected chi connectivity index (χ2v) is 10.3. The zero-order valence-electron chi connectivity index (χ0n) is 20.5. The van der Waals surface area contributed by atoms with Gasteiger partial charge in [0, 0.05) is 24.7 Å². The molecule has 0 heterocycles. The minimum absolute atomic E-state index is 0.109. The monoisotopic (exact) mass is 506 g/mol. The van der Waals surface area contributed by atoms with Crippen LogP contribution in [-0.2, 0) is 23.9 Å². The second kappa shape index (κ2) is 21.2. The Balaban J connectivity index is 4.29. The molecule has 11 heteroatoms. The third-order valence-corrected chi connectivity index (χ3v) is 7.03. The third-order valence-electron chi connectivity index (χ3n) is 4.58. The van der Waals surface area contributed by atoms with Crippen molar-refractivity contribution in [3.63, 3.8) is 0 Å². The summed E-state index contributed by atoms with van der Waals surface area (Å²) in [7, 11) is 5.29. The third kappa shape index (κ3) is 16.9. The van der Waals surface area contributed by atoms with Gasteiger partial charge in [-0.25, -0.2) is 0 Å². The van der Waals surface area contributed by atoms with Crippen LogP contribution in [0.3, 0.4) is 0 Å². The predicted octanol–water partition coefficient (Wildman–Crippen LogP) is 1.61. The number of likely N-dealkylation sites (N-methyl/N-ethyl adjacent to an activating group) is 1. The van der Waals surface area contributed by atoms with Crippen LogP contribution >= 0.6 is 21.6 Å². The first-order valence-corrected chi connectivity index (χ1v) is 14.2. The molecule has 33 heavy (non-hydrogen) atoms. The number of carbonyl (C=O) groups excluding carboxylic acids is 4. The summed E-state index contributed by atoms with van der Waals surface area (Å²) in [5, 5.41) is 8.06. The van der Waals surface area contributed by atoms with Crippen LogP contribution in [-0.4, -0.2) is 92.4 Å². The van der Waals surface area contributed by atoms with E-state index in [0.29, 0.717) is 19.4 Å². The lowest BCUT2D eigenvalue weighted by molar-refractivity contribution is -0.139. The van der Waals surface area contributed by atoms with Gasteiger partial charge in [0.2, 0.25) is 17.7 Å². The maximum Gasteiger partial charge on any atom is 0.245 e. The van der Waals surface area contributed by atoms with E-state index in [1.165, 1.54) is 4.90 Å². The molecule has 0 radical (unpaired) electrons. The minimum Gasteiger partial charge on any atom is -0.381 e. The Bertz CT molecular complexity index is 569. The van der Waals surface area contributed by atoms with E-state index in [0.717, 1.165) is 50.3 Å². The summed E-state index contributed by atoms with van der Waals surface area (Å²) in [6.45, 7) is 7.39. The van der Waals surface area contributed by atoms with Gasteiger partial charge in [-0.2, -0.15) is 0 Å². The average Bonchev–Trinajstić information content (AvgIpc) is 2.78. The van der Waals surface area contributed by atoms with Gasteiger partial charge < -0.3 is 30.4 Å². The molecule has 0 aromatic heterocycles. The van der Waals surface area contributed by atoms with Crippen molar-refractivity contribution in [2.45, 2.75) is 65.0 Å². The molecule has 0 aliphatic rings. The van der Waals surface area contributed by atoms with Crippen LogP contribution in [0.5, 0.6) is 0 Å². The first-order chi connectivity index (χ1) is 15.9. The van der Waals surface area contributed by atoms with Gasteiger partial charge in [-0.15, -0.1) is 0 Å². The Kier molecular flexibility index (Phi) is 20.4. The highest BCUT2D eigenvalue weighted by Crippen LogP contribution is 2.22. The van der Waals surface area contributed by atoms with E-state index in [9.17, 15) is 19.2 Å². The number of carbonyl (C=O) groups is 4. The standard InChI is InChI=1S/C22H42N4O5S2/c1-5-11-26(22(30)18(3)24-20(28)15-23-4)16-21(29)25-19(17-27)10-8-7-9-13-32-33-14-12-31-6-2/h17-19,23H,5-16H2,1-4H3,(H,24,28)(H,25,29). The normalized spacial score (nSPS) is 12.6. The molecule has 3 N–H and O–H groups in total. The predicted molar refractivity (Wildman–Crippen MR) is 136 cm³/mol. The van der Waals surface area contributed by atoms with Gasteiger partial charge in [0.05, 0.1) is 25.7 Å². The van der Waals surface area contributed by atoms with E-state index in [4.69, 9.17) is 4.74 Å². The number of ether oxygens (including phenoxy) is 1. The summed E-state index contributed by atoms with van der Waals surface area (Å²) in [6, 6.07) is -1.29. The van der Waals surface area contributed by atoms with E-state index < -0.39 is 12.1 Å². The topological polar surface area (TPSA) is 117 Å². The molecular weight excluding hydrogens is 464 g/mol. The number of nitrogens with one attached hydrogen (secondary N) is 3. The molecule has 2 atom stereocenters. The fourth-order valence-corrected chi connectivity index (χ4v) is 4.99. The van der Waals surface area contributed by atoms with E-state index in [-0.39, 0.29) is 30.8 Å². The smallest absolute Gasteiger partial charge is 0.245 e. The Labute approximate surface area is 206 Å². The van der Waals surface area contributed by atoms with Crippen LogP contribution in [0.4, 0.5) is 0 Å². The number of amides is 3. The van der Waals surface area contributed by atoms with Gasteiger partial charge in [-0.3, -0.25) is 14.4 Å². The average molecular weight is 507 g/mol. The van der Waals surface area contributed by atoms with Crippen molar-refractivity contribution < 1.29 is 23.9 Å². The van der Waals surface area contributed by atoms with Crippen LogP contribution in [0.15, 0.2) is 0 Å². The quantitative estimate of drug-likeness (QED) is 0.122. The van der Waals surface area contributed by atoms with E-state index in [1.807, 2.05) is 35.4 Å². The second-order valence-electron chi connectivity index (χ2n) is 7.58. The number of aldehydes is 1. The van der Waals surface area contributed by atoms with Crippen LogP contribution < -0.4 is 16.0 Å². The highest BCUT2D eigenvalue weighted by molar-refractivity contribution is 8.76. The van der Waals surface area contributed by atoms with Crippen LogP contribution in [0.1, 0.15) is 52.9 Å². The van der Waals surface area contributed by atoms with Gasteiger partial charge >= 0.3 is 0 Å². The molecule has 0 aromatic rings. The minimum atomic E-state index is -0.734. The molecule has 0 aliphatic heterocycles. The number of unbranched alkanes of at least 4 members (excludes halogenated alkanes) is 2. The van der Waals surface area contributed by atoms with Gasteiger partial charge in [-0.1, -0.05) is 41.4 Å². The summed E-state index contributed by atoms with van der Waals surface area (Å²) >= 11 is 0. The van der Waals surface area contributed by atoms with Crippen molar-refractivity contribution in [1.29, 1.82) is 0 Å². The van der Waals surface area contributed by atoms with E-state index in [1.54, 1.807) is 14.0 Å². The van der Waals surface area contributed by atoms with Crippen molar-refractivity contribution in [2.75, 3.05) is 51.4 Å². The highest BCUT2D eigenvalue weighted by atomic mass is 33.1. The molecule has 9 nitrogen and oxygen atoms in total. The molecule has 0 aromatic carbocycles. The Morgan fingerprint density at radius 1 is 1.03 bits per heavy atom. The number of nitrogens with zero attached hydrogens (tertiary/aromatic N) is 1. The Morgan fingerprint density at radius 2 is 1.76 bits per heavy atom. The molecule has 0 saturated carbocycles. The Hall–Kier alpha value is -1.30. The van der Waals surface area contributed by atoms with Gasteiger partial charge in [0.15, 0.2) is 0 Å². The fraction of sp³-hybridized carbons (Fsp3) is 0.818. The molecule has 0 rings (SSSR count). The molecule has 0 fully saturated rings. The van der Waals surface area contributed by atoms with Crippen molar-refractivity contribution in [1.82, 2.24) is 20.9 Å². The summed E-state index contributed by atoms with van der Waals surface area (Å²) in [4.78, 5) is 49.6. The van der Waals surface area contributed by atoms with Crippen LogP contribution in [0, 0.1) is 0 Å². The molecule has 0 spiro atoms. The molecular formula is C22H42N4O5S2. The maximum absolute atomic E-state index is 12.7. The summed E-state index contributed by atoms with van der Waals surface area (Å²) < 4.78 is 5.29. The summed E-state index contributed by atoms with van der Waals surface area (Å²) in [5.74, 6) is 1.05. The molecule has 0 bridgehead atoms. The largest absolute Gasteiger partial charge is 0.381 e. The maximum atomic E-state index is 12.7. The van der Waals surface area contributed by atoms with Gasteiger partial charge in [0.25, 0.3) is 0 Å². The zero-order valence-corrected chi connectivity index (χ0v) is 22.2.